The molecule has 0 radical (unpaired) electrons. The molecule has 2 rings (SSSR count). The highest BCUT2D eigenvalue weighted by Gasteiger charge is 2.10. The molecule has 0 saturated carbocycles. The van der Waals surface area contributed by atoms with Crippen molar-refractivity contribution < 1.29 is 0 Å². The van der Waals surface area contributed by atoms with E-state index in [4.69, 9.17) is 23.2 Å². The molecule has 0 fully saturated rings. The Labute approximate surface area is 110 Å². The number of pyridine rings is 1. The molecule has 0 aliphatic heterocycles. The molecule has 0 aliphatic carbocycles. The Balaban J connectivity index is 2.31. The van der Waals surface area contributed by atoms with E-state index in [-0.39, 0.29) is 0 Å². The number of hydrogen-bond acceptors (Lipinski definition) is 2. The number of rotatable bonds is 3. The van der Waals surface area contributed by atoms with Crippen molar-refractivity contribution in [1.29, 1.82) is 0 Å². The summed E-state index contributed by atoms with van der Waals surface area (Å²) in [6.45, 7) is 4.80. The van der Waals surface area contributed by atoms with Gasteiger partial charge in [0.2, 0.25) is 0 Å². The molecule has 0 spiro atoms. The lowest BCUT2D eigenvalue weighted by Crippen LogP contribution is -2.07. The zero-order valence-corrected chi connectivity index (χ0v) is 11.2. The fourth-order valence-electron chi connectivity index (χ4n) is 1.69. The maximum Gasteiger partial charge on any atom is 0.129 e. The van der Waals surface area contributed by atoms with Gasteiger partial charge in [0.15, 0.2) is 0 Å². The number of imidazole rings is 1. The summed E-state index contributed by atoms with van der Waals surface area (Å²) in [5.41, 5.74) is 0.763. The van der Waals surface area contributed by atoms with Gasteiger partial charge in [-0.25, -0.2) is 9.97 Å². The number of halogens is 2. The summed E-state index contributed by atoms with van der Waals surface area (Å²) in [5, 5.41) is 1.08. The second kappa shape index (κ2) is 5.07. The molecule has 0 saturated heterocycles. The molecular weight excluding hydrogens is 257 g/mol. The molecule has 0 N–H and O–H groups in total. The molecule has 0 atom stereocenters. The van der Waals surface area contributed by atoms with Crippen molar-refractivity contribution >= 4 is 23.2 Å². The van der Waals surface area contributed by atoms with Crippen LogP contribution in [0.15, 0.2) is 24.5 Å². The van der Waals surface area contributed by atoms with E-state index in [1.807, 2.05) is 10.8 Å². The Hall–Kier alpha value is -1.06. The van der Waals surface area contributed by atoms with Gasteiger partial charge in [0.05, 0.1) is 17.3 Å². The Morgan fingerprint density at radius 3 is 2.76 bits per heavy atom. The van der Waals surface area contributed by atoms with Crippen molar-refractivity contribution in [2.24, 2.45) is 0 Å². The largest absolute Gasteiger partial charge is 0.329 e. The molecular formula is C12H13Cl2N3. The molecule has 0 amide bonds. The van der Waals surface area contributed by atoms with E-state index in [0.29, 0.717) is 22.6 Å². The molecule has 0 bridgehead atoms. The number of hydrogen-bond donors (Lipinski definition) is 0. The first-order valence-corrected chi connectivity index (χ1v) is 6.15. The van der Waals surface area contributed by atoms with Crippen LogP contribution in [0, 0.1) is 0 Å². The van der Waals surface area contributed by atoms with Crippen molar-refractivity contribution in [2.75, 3.05) is 0 Å². The quantitative estimate of drug-likeness (QED) is 0.795. The van der Waals surface area contributed by atoms with Gasteiger partial charge >= 0.3 is 0 Å². The lowest BCUT2D eigenvalue weighted by atomic mass is 10.2. The molecule has 2 aromatic heterocycles. The summed E-state index contributed by atoms with van der Waals surface area (Å²) < 4.78 is 2.04. The van der Waals surface area contributed by atoms with E-state index in [2.05, 4.69) is 23.8 Å². The number of aromatic nitrogens is 3. The minimum Gasteiger partial charge on any atom is -0.329 e. The highest BCUT2D eigenvalue weighted by atomic mass is 35.5. The van der Waals surface area contributed by atoms with Gasteiger partial charge in [0.1, 0.15) is 11.0 Å². The van der Waals surface area contributed by atoms with Gasteiger partial charge in [-0.2, -0.15) is 0 Å². The molecule has 2 heterocycles. The van der Waals surface area contributed by atoms with Crippen molar-refractivity contribution in [3.63, 3.8) is 0 Å². The van der Waals surface area contributed by atoms with Crippen LogP contribution in [0.3, 0.4) is 0 Å². The minimum absolute atomic E-state index is 0.364. The van der Waals surface area contributed by atoms with Crippen molar-refractivity contribution in [3.8, 4) is 0 Å². The second-order valence-corrected chi connectivity index (χ2v) is 4.92. The second-order valence-electron chi connectivity index (χ2n) is 4.13. The monoisotopic (exact) mass is 269 g/mol. The molecule has 0 aliphatic rings. The van der Waals surface area contributed by atoms with Crippen LogP contribution in [0.1, 0.15) is 31.3 Å². The topological polar surface area (TPSA) is 30.7 Å². The maximum atomic E-state index is 6.09. The molecule has 0 unspecified atom stereocenters. The van der Waals surface area contributed by atoms with Crippen LogP contribution in [0.25, 0.3) is 0 Å². The molecule has 0 aromatic carbocycles. The van der Waals surface area contributed by atoms with Crippen LogP contribution >= 0.6 is 23.2 Å². The van der Waals surface area contributed by atoms with Crippen LogP contribution in [0.2, 0.25) is 10.2 Å². The van der Waals surface area contributed by atoms with E-state index < -0.39 is 0 Å². The van der Waals surface area contributed by atoms with E-state index in [9.17, 15) is 0 Å². The van der Waals surface area contributed by atoms with Gasteiger partial charge in [0.25, 0.3) is 0 Å². The Morgan fingerprint density at radius 2 is 2.06 bits per heavy atom. The van der Waals surface area contributed by atoms with E-state index in [1.54, 1.807) is 18.3 Å². The van der Waals surface area contributed by atoms with E-state index in [1.165, 1.54) is 0 Å². The standard InChI is InChI=1S/C12H13Cl2N3/c1-8(2)12-15-5-6-17(12)7-10-9(13)3-4-11(14)16-10/h3-6,8H,7H2,1-2H3. The fourth-order valence-corrected chi connectivity index (χ4v) is 2.02. The Bertz CT molecular complexity index is 520. The van der Waals surface area contributed by atoms with Crippen LogP contribution in [0.4, 0.5) is 0 Å². The first-order valence-electron chi connectivity index (χ1n) is 5.40. The summed E-state index contributed by atoms with van der Waals surface area (Å²) in [6.07, 6.45) is 3.71. The predicted octanol–water partition coefficient (Wildman–Crippen LogP) is 3.76. The lowest BCUT2D eigenvalue weighted by Gasteiger charge is -2.10. The summed E-state index contributed by atoms with van der Waals surface area (Å²) in [7, 11) is 0. The third-order valence-electron chi connectivity index (χ3n) is 2.47. The predicted molar refractivity (Wildman–Crippen MR) is 69.7 cm³/mol. The molecule has 5 heteroatoms. The van der Waals surface area contributed by atoms with Crippen LogP contribution in [-0.2, 0) is 6.54 Å². The highest BCUT2D eigenvalue weighted by molar-refractivity contribution is 6.32. The van der Waals surface area contributed by atoms with Gasteiger partial charge in [-0.3, -0.25) is 0 Å². The van der Waals surface area contributed by atoms with Crippen molar-refractivity contribution in [3.05, 3.63) is 46.2 Å². The molecule has 90 valence electrons. The van der Waals surface area contributed by atoms with Gasteiger partial charge in [-0.05, 0) is 12.1 Å². The Morgan fingerprint density at radius 1 is 1.29 bits per heavy atom. The molecule has 2 aromatic rings. The zero-order valence-electron chi connectivity index (χ0n) is 9.69. The first kappa shape index (κ1) is 12.4. The normalized spacial score (nSPS) is 11.1. The third-order valence-corrected chi connectivity index (χ3v) is 3.02. The summed E-state index contributed by atoms with van der Waals surface area (Å²) in [4.78, 5) is 8.56. The Kier molecular flexibility index (Phi) is 3.69. The number of nitrogens with zero attached hydrogens (tertiary/aromatic N) is 3. The minimum atomic E-state index is 0.364. The van der Waals surface area contributed by atoms with E-state index in [0.717, 1.165) is 11.5 Å². The van der Waals surface area contributed by atoms with Crippen molar-refractivity contribution in [1.82, 2.24) is 14.5 Å². The molecule has 17 heavy (non-hydrogen) atoms. The SMILES string of the molecule is CC(C)c1nccn1Cc1nc(Cl)ccc1Cl. The van der Waals surface area contributed by atoms with E-state index >= 15 is 0 Å². The van der Waals surface area contributed by atoms with Gasteiger partial charge in [-0.15, -0.1) is 0 Å². The lowest BCUT2D eigenvalue weighted by molar-refractivity contribution is 0.661. The molecule has 3 nitrogen and oxygen atoms in total. The maximum absolute atomic E-state index is 6.09. The van der Waals surface area contributed by atoms with Gasteiger partial charge < -0.3 is 4.57 Å². The average molecular weight is 270 g/mol. The van der Waals surface area contributed by atoms with Crippen molar-refractivity contribution in [2.45, 2.75) is 26.3 Å². The fraction of sp³-hybridized carbons (Fsp3) is 0.333. The first-order chi connectivity index (χ1) is 8.08. The third kappa shape index (κ3) is 2.79. The zero-order chi connectivity index (χ0) is 12.4. The smallest absolute Gasteiger partial charge is 0.129 e. The van der Waals surface area contributed by atoms with Crippen LogP contribution in [-0.4, -0.2) is 14.5 Å². The van der Waals surface area contributed by atoms with Gasteiger partial charge in [-0.1, -0.05) is 37.0 Å². The van der Waals surface area contributed by atoms with Crippen LogP contribution < -0.4 is 0 Å². The highest BCUT2D eigenvalue weighted by Crippen LogP contribution is 2.20. The van der Waals surface area contributed by atoms with Gasteiger partial charge in [0, 0.05) is 18.3 Å². The average Bonchev–Trinajstić information content (AvgIpc) is 2.71. The van der Waals surface area contributed by atoms with Crippen LogP contribution in [0.5, 0.6) is 0 Å². The summed E-state index contributed by atoms with van der Waals surface area (Å²) in [5.74, 6) is 1.38. The summed E-state index contributed by atoms with van der Waals surface area (Å²) >= 11 is 12.0. The summed E-state index contributed by atoms with van der Waals surface area (Å²) in [6, 6.07) is 3.45.